The molecule has 0 aliphatic carbocycles. The third kappa shape index (κ3) is 3.97. The lowest BCUT2D eigenvalue weighted by molar-refractivity contribution is 0.928. The van der Waals surface area contributed by atoms with Crippen molar-refractivity contribution in [1.82, 2.24) is 9.97 Å². The van der Waals surface area contributed by atoms with Gasteiger partial charge in [0.05, 0.1) is 0 Å². The van der Waals surface area contributed by atoms with E-state index < -0.39 is 0 Å². The average molecular weight is 365 g/mol. The van der Waals surface area contributed by atoms with Crippen molar-refractivity contribution >= 4 is 23.2 Å². The Morgan fingerprint density at radius 3 is 2.38 bits per heavy atom. The van der Waals surface area contributed by atoms with Gasteiger partial charge in [0.2, 0.25) is 0 Å². The molecule has 2 heterocycles. The minimum Gasteiger partial charge on any atom is -0.366 e. The fourth-order valence-corrected chi connectivity index (χ4v) is 3.27. The first-order valence-electron chi connectivity index (χ1n) is 8.96. The van der Waals surface area contributed by atoms with Gasteiger partial charge in [0.15, 0.2) is 5.82 Å². The van der Waals surface area contributed by atoms with E-state index in [4.69, 9.17) is 21.6 Å². The molecule has 1 fully saturated rings. The molecule has 0 spiro atoms. The van der Waals surface area contributed by atoms with E-state index in [9.17, 15) is 0 Å². The molecule has 2 aromatic carbocycles. The Morgan fingerprint density at radius 1 is 0.923 bits per heavy atom. The summed E-state index contributed by atoms with van der Waals surface area (Å²) in [4.78, 5) is 11.9. The van der Waals surface area contributed by atoms with Gasteiger partial charge in [-0.1, -0.05) is 54.1 Å². The van der Waals surface area contributed by atoms with Crippen LogP contribution in [0.5, 0.6) is 0 Å². The van der Waals surface area contributed by atoms with Crippen LogP contribution in [0.25, 0.3) is 11.4 Å². The summed E-state index contributed by atoms with van der Waals surface area (Å²) in [6.07, 6.45) is 2.44. The van der Waals surface area contributed by atoms with Crippen LogP contribution in [0.15, 0.2) is 60.7 Å². The Labute approximate surface area is 158 Å². The molecule has 4 rings (SSSR count). The lowest BCUT2D eigenvalue weighted by Crippen LogP contribution is -2.20. The molecule has 1 saturated heterocycles. The predicted octanol–water partition coefficient (Wildman–Crippen LogP) is 5.01. The van der Waals surface area contributed by atoms with Crippen LogP contribution in [0.4, 0.5) is 11.6 Å². The number of anilines is 2. The smallest absolute Gasteiger partial charge is 0.163 e. The van der Waals surface area contributed by atoms with Crippen LogP contribution in [0.1, 0.15) is 18.4 Å². The van der Waals surface area contributed by atoms with Crippen molar-refractivity contribution in [2.75, 3.05) is 23.3 Å². The van der Waals surface area contributed by atoms with Crippen molar-refractivity contribution in [3.05, 3.63) is 71.2 Å². The fourth-order valence-electron chi connectivity index (χ4n) is 3.14. The Balaban J connectivity index is 1.61. The van der Waals surface area contributed by atoms with Gasteiger partial charge in [0.25, 0.3) is 0 Å². The summed E-state index contributed by atoms with van der Waals surface area (Å²) in [6.45, 7) is 2.81. The minimum atomic E-state index is 0.696. The van der Waals surface area contributed by atoms with Crippen molar-refractivity contribution in [3.63, 3.8) is 0 Å². The highest BCUT2D eigenvalue weighted by Gasteiger charge is 2.16. The zero-order valence-electron chi connectivity index (χ0n) is 14.5. The number of halogens is 1. The van der Waals surface area contributed by atoms with Crippen molar-refractivity contribution in [2.24, 2.45) is 0 Å². The minimum absolute atomic E-state index is 0.696. The molecule has 0 amide bonds. The topological polar surface area (TPSA) is 41.0 Å². The maximum Gasteiger partial charge on any atom is 0.163 e. The second-order valence-electron chi connectivity index (χ2n) is 6.48. The van der Waals surface area contributed by atoms with Gasteiger partial charge in [-0.05, 0) is 30.5 Å². The normalized spacial score (nSPS) is 13.8. The number of nitrogens with zero attached hydrogens (tertiary/aromatic N) is 3. The Morgan fingerprint density at radius 2 is 1.65 bits per heavy atom. The van der Waals surface area contributed by atoms with Gasteiger partial charge in [-0.25, -0.2) is 9.97 Å². The first-order valence-corrected chi connectivity index (χ1v) is 9.33. The summed E-state index contributed by atoms with van der Waals surface area (Å²) in [5.41, 5.74) is 2.19. The molecule has 3 aromatic rings. The van der Waals surface area contributed by atoms with Gasteiger partial charge in [-0.3, -0.25) is 0 Å². The van der Waals surface area contributed by atoms with E-state index in [2.05, 4.69) is 10.2 Å². The number of hydrogen-bond acceptors (Lipinski definition) is 4. The van der Waals surface area contributed by atoms with Crippen LogP contribution in [-0.4, -0.2) is 23.1 Å². The molecule has 132 valence electrons. The number of nitrogens with one attached hydrogen (secondary N) is 1. The van der Waals surface area contributed by atoms with Crippen molar-refractivity contribution in [3.8, 4) is 11.4 Å². The van der Waals surface area contributed by atoms with Gasteiger partial charge in [-0.2, -0.15) is 0 Å². The molecular formula is C21H21ClN4. The summed E-state index contributed by atoms with van der Waals surface area (Å²) in [5, 5.41) is 4.18. The first-order chi connectivity index (χ1) is 12.8. The van der Waals surface area contributed by atoms with Crippen LogP contribution in [-0.2, 0) is 6.54 Å². The summed E-state index contributed by atoms with van der Waals surface area (Å²) in [5.74, 6) is 2.60. The Hall–Kier alpha value is -2.59. The summed E-state index contributed by atoms with van der Waals surface area (Å²) in [6, 6.07) is 20.0. The van der Waals surface area contributed by atoms with Gasteiger partial charge in [0, 0.05) is 36.3 Å². The highest BCUT2D eigenvalue weighted by Crippen LogP contribution is 2.25. The second kappa shape index (κ2) is 7.75. The molecule has 0 bridgehead atoms. The molecule has 1 N–H and O–H groups in total. The van der Waals surface area contributed by atoms with E-state index in [0.29, 0.717) is 6.54 Å². The zero-order chi connectivity index (χ0) is 17.8. The van der Waals surface area contributed by atoms with Gasteiger partial charge >= 0.3 is 0 Å². The molecule has 0 radical (unpaired) electrons. The number of rotatable bonds is 5. The Bertz CT molecular complexity index is 859. The van der Waals surface area contributed by atoms with Gasteiger partial charge < -0.3 is 10.2 Å². The van der Waals surface area contributed by atoms with E-state index >= 15 is 0 Å². The third-order valence-corrected chi connectivity index (χ3v) is 4.81. The summed E-state index contributed by atoms with van der Waals surface area (Å²) in [7, 11) is 0. The lowest BCUT2D eigenvalue weighted by atomic mass is 10.2. The zero-order valence-corrected chi connectivity index (χ0v) is 15.3. The van der Waals surface area contributed by atoms with E-state index in [1.165, 1.54) is 12.8 Å². The largest absolute Gasteiger partial charge is 0.366 e. The van der Waals surface area contributed by atoms with Gasteiger partial charge in [0.1, 0.15) is 11.6 Å². The van der Waals surface area contributed by atoms with Gasteiger partial charge in [-0.15, -0.1) is 0 Å². The Kier molecular flexibility index (Phi) is 5.02. The molecule has 5 heteroatoms. The molecule has 0 saturated carbocycles. The van der Waals surface area contributed by atoms with E-state index in [1.807, 2.05) is 60.7 Å². The predicted molar refractivity (Wildman–Crippen MR) is 108 cm³/mol. The fraction of sp³-hybridized carbons (Fsp3) is 0.238. The van der Waals surface area contributed by atoms with E-state index in [0.717, 1.165) is 46.7 Å². The molecule has 1 aliphatic heterocycles. The molecule has 0 atom stereocenters. The summed E-state index contributed by atoms with van der Waals surface area (Å²) < 4.78 is 0. The molecule has 4 nitrogen and oxygen atoms in total. The van der Waals surface area contributed by atoms with Crippen LogP contribution >= 0.6 is 11.6 Å². The molecule has 0 unspecified atom stereocenters. The quantitative estimate of drug-likeness (QED) is 0.691. The summed E-state index contributed by atoms with van der Waals surface area (Å²) >= 11 is 5.96. The maximum absolute atomic E-state index is 5.96. The molecular weight excluding hydrogens is 344 g/mol. The standard InChI is InChI=1S/C21H21ClN4/c22-18-10-8-16(9-11-18)15-23-19-14-20(26-12-4-5-13-26)25-21(24-19)17-6-2-1-3-7-17/h1-3,6-11,14H,4-5,12-13,15H2,(H,23,24,25). The number of aromatic nitrogens is 2. The van der Waals surface area contributed by atoms with Crippen LogP contribution in [0.2, 0.25) is 5.02 Å². The SMILES string of the molecule is Clc1ccc(CNc2cc(N3CCCC3)nc(-c3ccccc3)n2)cc1. The lowest BCUT2D eigenvalue weighted by Gasteiger charge is -2.18. The highest BCUT2D eigenvalue weighted by atomic mass is 35.5. The number of benzene rings is 2. The van der Waals surface area contributed by atoms with E-state index in [1.54, 1.807) is 0 Å². The molecule has 1 aliphatic rings. The van der Waals surface area contributed by atoms with E-state index in [-0.39, 0.29) is 0 Å². The highest BCUT2D eigenvalue weighted by molar-refractivity contribution is 6.30. The monoisotopic (exact) mass is 364 g/mol. The van der Waals surface area contributed by atoms with Crippen molar-refractivity contribution in [2.45, 2.75) is 19.4 Å². The maximum atomic E-state index is 5.96. The van der Waals surface area contributed by atoms with Crippen molar-refractivity contribution in [1.29, 1.82) is 0 Å². The molecule has 26 heavy (non-hydrogen) atoms. The van der Waals surface area contributed by atoms with Crippen LogP contribution in [0.3, 0.4) is 0 Å². The third-order valence-electron chi connectivity index (χ3n) is 4.56. The number of hydrogen-bond donors (Lipinski definition) is 1. The second-order valence-corrected chi connectivity index (χ2v) is 6.91. The van der Waals surface area contributed by atoms with Crippen LogP contribution in [0, 0.1) is 0 Å². The van der Waals surface area contributed by atoms with Crippen LogP contribution < -0.4 is 10.2 Å². The molecule has 1 aromatic heterocycles. The average Bonchev–Trinajstić information content (AvgIpc) is 3.23. The van der Waals surface area contributed by atoms with Crippen molar-refractivity contribution < 1.29 is 0 Å². The first kappa shape index (κ1) is 16.9.